The molecule has 6 heteroatoms. The second kappa shape index (κ2) is 5.01. The molecule has 0 aliphatic rings. The van der Waals surface area contributed by atoms with Crippen LogP contribution in [0.15, 0.2) is 0 Å². The van der Waals surface area contributed by atoms with Gasteiger partial charge in [0.1, 0.15) is 6.04 Å². The molecule has 10 heavy (non-hydrogen) atoms. The Balaban J connectivity index is 0. The van der Waals surface area contributed by atoms with E-state index < -0.39 is 17.9 Å². The van der Waals surface area contributed by atoms with Gasteiger partial charge in [-0.1, -0.05) is 0 Å². The summed E-state index contributed by atoms with van der Waals surface area (Å²) in [6, 6.07) is -1.16. The first-order valence-corrected chi connectivity index (χ1v) is 2.30. The zero-order valence-electron chi connectivity index (χ0n) is 5.11. The maximum absolute atomic E-state index is 9.99. The van der Waals surface area contributed by atoms with Gasteiger partial charge in [0, 0.05) is 0 Å². The van der Waals surface area contributed by atoms with Gasteiger partial charge in [-0.25, -0.2) is 0 Å². The number of amides is 1. The Morgan fingerprint density at radius 2 is 1.90 bits per heavy atom. The Hall–Kier alpha value is -0.810. The molecule has 0 aromatic rings. The molecule has 0 saturated carbocycles. The first-order chi connectivity index (χ1) is 4.04. The van der Waals surface area contributed by atoms with Crippen LogP contribution in [0, 0.1) is 0 Å². The van der Waals surface area contributed by atoms with Gasteiger partial charge in [0.15, 0.2) is 0 Å². The fourth-order valence-electron chi connectivity index (χ4n) is 0.304. The number of hydrogen-bond donors (Lipinski definition) is 3. The molecule has 0 bridgehead atoms. The van der Waals surface area contributed by atoms with E-state index in [4.69, 9.17) is 10.8 Å². The largest absolute Gasteiger partial charge is 0.480 e. The van der Waals surface area contributed by atoms with Gasteiger partial charge in [0.25, 0.3) is 0 Å². The van der Waals surface area contributed by atoms with E-state index >= 15 is 0 Å². The molecule has 0 saturated heterocycles. The van der Waals surface area contributed by atoms with E-state index in [0.717, 1.165) is 0 Å². The average Bonchev–Trinajstić information content (AvgIpc) is 1.63. The molecule has 1 atom stereocenters. The second-order valence-electron chi connectivity index (χ2n) is 1.62. The van der Waals surface area contributed by atoms with Gasteiger partial charge in [-0.15, -0.1) is 12.4 Å². The number of nitrogens with two attached hydrogens (primary N) is 2. The van der Waals surface area contributed by atoms with Crippen molar-refractivity contribution in [2.75, 3.05) is 0 Å². The molecule has 0 rings (SSSR count). The highest BCUT2D eigenvalue weighted by Gasteiger charge is 2.13. The van der Waals surface area contributed by atoms with Crippen molar-refractivity contribution >= 4 is 24.3 Å². The maximum Gasteiger partial charge on any atom is 0.321 e. The quantitative estimate of drug-likeness (QED) is 0.487. The Labute approximate surface area is 63.8 Å². The number of rotatable bonds is 3. The molecule has 60 valence electrons. The van der Waals surface area contributed by atoms with Crippen molar-refractivity contribution in [3.05, 3.63) is 0 Å². The SMILES string of the molecule is Cl.NC(=O)CC(N)C(=O)O. The third-order valence-electron chi connectivity index (χ3n) is 0.738. The molecular weight excluding hydrogens is 160 g/mol. The lowest BCUT2D eigenvalue weighted by atomic mass is 10.2. The lowest BCUT2D eigenvalue weighted by molar-refractivity contribution is -0.140. The van der Waals surface area contributed by atoms with Gasteiger partial charge in [-0.3, -0.25) is 9.59 Å². The lowest BCUT2D eigenvalue weighted by Gasteiger charge is -1.99. The molecule has 0 heterocycles. The number of carboxylic acids is 1. The van der Waals surface area contributed by atoms with E-state index in [2.05, 4.69) is 5.73 Å². The molecule has 5 N–H and O–H groups in total. The summed E-state index contributed by atoms with van der Waals surface area (Å²) in [5.41, 5.74) is 9.57. The van der Waals surface area contributed by atoms with Crippen LogP contribution in [0.1, 0.15) is 6.42 Å². The van der Waals surface area contributed by atoms with Gasteiger partial charge in [-0.05, 0) is 0 Å². The van der Waals surface area contributed by atoms with Crippen molar-refractivity contribution in [3.8, 4) is 0 Å². The topological polar surface area (TPSA) is 106 Å². The molecule has 0 aliphatic heterocycles. The minimum absolute atomic E-state index is 0. The third kappa shape index (κ3) is 5.33. The Bertz CT molecular complexity index is 138. The van der Waals surface area contributed by atoms with E-state index in [0.29, 0.717) is 0 Å². The van der Waals surface area contributed by atoms with E-state index in [1.54, 1.807) is 0 Å². The molecule has 0 aromatic carbocycles. The smallest absolute Gasteiger partial charge is 0.321 e. The number of primary amides is 1. The zero-order valence-corrected chi connectivity index (χ0v) is 5.93. The van der Waals surface area contributed by atoms with Gasteiger partial charge >= 0.3 is 5.97 Å². The fourth-order valence-corrected chi connectivity index (χ4v) is 0.304. The summed E-state index contributed by atoms with van der Waals surface area (Å²) in [5.74, 6) is -1.92. The lowest BCUT2D eigenvalue weighted by Crippen LogP contribution is -2.34. The van der Waals surface area contributed by atoms with Crippen LogP contribution in [0.2, 0.25) is 0 Å². The molecule has 0 spiro atoms. The summed E-state index contributed by atoms with van der Waals surface area (Å²) in [5, 5.41) is 8.10. The Morgan fingerprint density at radius 1 is 1.50 bits per heavy atom. The third-order valence-corrected chi connectivity index (χ3v) is 0.738. The van der Waals surface area contributed by atoms with Crippen LogP contribution in [0.4, 0.5) is 0 Å². The van der Waals surface area contributed by atoms with Crippen LogP contribution in [-0.4, -0.2) is 23.0 Å². The monoisotopic (exact) mass is 168 g/mol. The van der Waals surface area contributed by atoms with Gasteiger partial charge in [0.2, 0.25) is 5.91 Å². The summed E-state index contributed by atoms with van der Waals surface area (Å²) in [7, 11) is 0. The molecule has 0 aliphatic carbocycles. The molecule has 0 radical (unpaired) electrons. The zero-order chi connectivity index (χ0) is 7.44. The first kappa shape index (κ1) is 11.9. The van der Waals surface area contributed by atoms with Crippen molar-refractivity contribution in [1.29, 1.82) is 0 Å². The molecular formula is C4H9ClN2O3. The van der Waals surface area contributed by atoms with Crippen LogP contribution in [0.5, 0.6) is 0 Å². The Morgan fingerprint density at radius 3 is 2.00 bits per heavy atom. The molecule has 1 amide bonds. The summed E-state index contributed by atoms with van der Waals surface area (Å²) in [6.07, 6.45) is -0.310. The van der Waals surface area contributed by atoms with Crippen molar-refractivity contribution in [1.82, 2.24) is 0 Å². The minimum atomic E-state index is -1.21. The number of halogens is 1. The fraction of sp³-hybridized carbons (Fsp3) is 0.500. The van der Waals surface area contributed by atoms with Crippen LogP contribution in [-0.2, 0) is 9.59 Å². The van der Waals surface area contributed by atoms with E-state index in [1.807, 2.05) is 0 Å². The van der Waals surface area contributed by atoms with E-state index in [-0.39, 0.29) is 18.8 Å². The number of carbonyl (C=O) groups is 2. The van der Waals surface area contributed by atoms with Gasteiger partial charge in [0.05, 0.1) is 6.42 Å². The van der Waals surface area contributed by atoms with Crippen LogP contribution in [0.3, 0.4) is 0 Å². The highest BCUT2D eigenvalue weighted by atomic mass is 35.5. The average molecular weight is 169 g/mol. The molecule has 5 nitrogen and oxygen atoms in total. The predicted molar refractivity (Wildman–Crippen MR) is 36.7 cm³/mol. The maximum atomic E-state index is 9.99. The van der Waals surface area contributed by atoms with Crippen molar-refractivity contribution in [3.63, 3.8) is 0 Å². The van der Waals surface area contributed by atoms with Crippen LogP contribution in [0.25, 0.3) is 0 Å². The summed E-state index contributed by atoms with van der Waals surface area (Å²) in [4.78, 5) is 19.9. The number of carboxylic acid groups (broad SMARTS) is 1. The van der Waals surface area contributed by atoms with Crippen LogP contribution < -0.4 is 11.5 Å². The predicted octanol–water partition coefficient (Wildman–Crippen LogP) is -1.30. The highest BCUT2D eigenvalue weighted by molar-refractivity contribution is 5.85. The molecule has 0 fully saturated rings. The van der Waals surface area contributed by atoms with Crippen molar-refractivity contribution in [2.24, 2.45) is 11.5 Å². The minimum Gasteiger partial charge on any atom is -0.480 e. The molecule has 0 aromatic heterocycles. The van der Waals surface area contributed by atoms with Gasteiger partial charge in [-0.2, -0.15) is 0 Å². The first-order valence-electron chi connectivity index (χ1n) is 2.30. The van der Waals surface area contributed by atoms with Crippen molar-refractivity contribution < 1.29 is 14.7 Å². The summed E-state index contributed by atoms with van der Waals surface area (Å²) >= 11 is 0. The number of hydrogen-bond acceptors (Lipinski definition) is 3. The standard InChI is InChI=1S/C4H8N2O3.ClH/c5-2(4(8)9)1-3(6)7;/h2H,1,5H2,(H2,6,7)(H,8,9);1H. The normalized spacial score (nSPS) is 11.3. The molecule has 1 unspecified atom stereocenters. The van der Waals surface area contributed by atoms with E-state index in [1.165, 1.54) is 0 Å². The van der Waals surface area contributed by atoms with Crippen LogP contribution >= 0.6 is 12.4 Å². The number of aliphatic carboxylic acids is 1. The summed E-state index contributed by atoms with van der Waals surface area (Å²) in [6.45, 7) is 0. The van der Waals surface area contributed by atoms with Crippen molar-refractivity contribution in [2.45, 2.75) is 12.5 Å². The van der Waals surface area contributed by atoms with Gasteiger partial charge < -0.3 is 16.6 Å². The second-order valence-corrected chi connectivity index (χ2v) is 1.62. The highest BCUT2D eigenvalue weighted by Crippen LogP contribution is 1.84. The number of carbonyl (C=O) groups excluding carboxylic acids is 1. The Kier molecular flexibility index (Phi) is 5.98. The van der Waals surface area contributed by atoms with E-state index in [9.17, 15) is 9.59 Å². The summed E-state index contributed by atoms with van der Waals surface area (Å²) < 4.78 is 0.